The van der Waals surface area contributed by atoms with Crippen molar-refractivity contribution in [1.29, 1.82) is 0 Å². The minimum atomic E-state index is -0.942. The molecule has 1 atom stereocenters. The maximum Gasteiger partial charge on any atom is 0.354 e. The summed E-state index contributed by atoms with van der Waals surface area (Å²) < 4.78 is 1.47. The summed E-state index contributed by atoms with van der Waals surface area (Å²) in [6.07, 6.45) is 9.05. The lowest BCUT2D eigenvalue weighted by molar-refractivity contribution is -0.137. The first-order valence-electron chi connectivity index (χ1n) is 15.0. The van der Waals surface area contributed by atoms with Crippen molar-refractivity contribution in [2.45, 2.75) is 70.0 Å². The number of urea groups is 1. The first-order valence-corrected chi connectivity index (χ1v) is 15.0. The molecule has 230 valence electrons. The van der Waals surface area contributed by atoms with Gasteiger partial charge in [-0.05, 0) is 89.2 Å². The number of halogens is 1. The highest BCUT2D eigenvalue weighted by Crippen LogP contribution is 2.22. The molecule has 3 amide bonds. The van der Waals surface area contributed by atoms with E-state index in [4.69, 9.17) is 5.73 Å². The molecule has 3 fully saturated rings. The molecule has 42 heavy (non-hydrogen) atoms. The molecule has 3 aliphatic rings. The molecule has 1 aromatic carbocycles. The van der Waals surface area contributed by atoms with Gasteiger partial charge in [-0.2, -0.15) is 4.98 Å². The number of nitrogens with two attached hydrogens (primary N) is 1. The SMILES string of the molecule is CC(C)(N)C(=O)N1CCN(C(=O)Nc2ccn(-c3ccc(CCN4CCCC(NC5CC5)CC4)cc3)c(=O)n2)CC1.Cl. The number of aromatic nitrogens is 2. The number of rotatable bonds is 8. The summed E-state index contributed by atoms with van der Waals surface area (Å²) in [4.78, 5) is 47.8. The van der Waals surface area contributed by atoms with Crippen LogP contribution < -0.4 is 22.1 Å². The minimum Gasteiger partial charge on any atom is -0.338 e. The topological polar surface area (TPSA) is 129 Å². The fraction of sp³-hybridized carbons (Fsp3) is 0.600. The Morgan fingerprint density at radius 2 is 1.60 bits per heavy atom. The largest absolute Gasteiger partial charge is 0.354 e. The number of hydrogen-bond acceptors (Lipinski definition) is 7. The normalized spacial score (nSPS) is 20.0. The first-order chi connectivity index (χ1) is 19.7. The second kappa shape index (κ2) is 14.0. The van der Waals surface area contributed by atoms with Gasteiger partial charge in [-0.15, -0.1) is 12.4 Å². The highest BCUT2D eigenvalue weighted by Gasteiger charge is 2.31. The van der Waals surface area contributed by atoms with Crippen LogP contribution >= 0.6 is 12.4 Å². The zero-order valence-corrected chi connectivity index (χ0v) is 25.6. The van der Waals surface area contributed by atoms with E-state index in [0.29, 0.717) is 32.2 Å². The van der Waals surface area contributed by atoms with Crippen LogP contribution in [-0.2, 0) is 11.2 Å². The molecular weight excluding hydrogens is 556 g/mol. The number of amides is 3. The van der Waals surface area contributed by atoms with Crippen LogP contribution in [0.15, 0.2) is 41.3 Å². The van der Waals surface area contributed by atoms with Gasteiger partial charge in [0.1, 0.15) is 5.82 Å². The number of likely N-dealkylation sites (tertiary alicyclic amines) is 1. The molecule has 5 rings (SSSR count). The second-order valence-electron chi connectivity index (χ2n) is 12.2. The number of nitrogens with zero attached hydrogens (tertiary/aromatic N) is 5. The zero-order chi connectivity index (χ0) is 29.0. The third-order valence-electron chi connectivity index (χ3n) is 8.24. The predicted molar refractivity (Wildman–Crippen MR) is 166 cm³/mol. The van der Waals surface area contributed by atoms with Crippen LogP contribution in [0.5, 0.6) is 0 Å². The van der Waals surface area contributed by atoms with E-state index in [1.54, 1.807) is 35.9 Å². The minimum absolute atomic E-state index is 0. The molecule has 12 heteroatoms. The van der Waals surface area contributed by atoms with E-state index in [-0.39, 0.29) is 30.2 Å². The Kier molecular flexibility index (Phi) is 10.6. The Hall–Kier alpha value is -2.99. The standard InChI is InChI=1S/C30H44N8O3.ClH/c1-30(2,31)27(39)36-18-20-37(21-19-36)28(40)33-26-13-17-38(29(41)34-26)25-9-5-22(6-10-25)11-15-35-14-3-4-23(12-16-35)32-24-7-8-24;/h5-6,9-10,13,17,23-24,32H,3-4,7-8,11-12,14-16,18-21,31H2,1-2H3,(H,33,34,40,41);1H. The van der Waals surface area contributed by atoms with Crippen molar-refractivity contribution in [3.63, 3.8) is 0 Å². The molecule has 0 bridgehead atoms. The first kappa shape index (κ1) is 31.9. The van der Waals surface area contributed by atoms with Gasteiger partial charge < -0.3 is 25.8 Å². The van der Waals surface area contributed by atoms with E-state index in [2.05, 4.69) is 32.7 Å². The second-order valence-corrected chi connectivity index (χ2v) is 12.2. The number of carbonyl (C=O) groups excluding carboxylic acids is 2. The van der Waals surface area contributed by atoms with Crippen molar-refractivity contribution in [3.05, 3.63) is 52.6 Å². The summed E-state index contributed by atoms with van der Waals surface area (Å²) in [5.41, 5.74) is 6.49. The number of piperazine rings is 1. The van der Waals surface area contributed by atoms with E-state index in [1.807, 2.05) is 12.1 Å². The van der Waals surface area contributed by atoms with Crippen LogP contribution in [0.2, 0.25) is 0 Å². The number of hydrogen-bond donors (Lipinski definition) is 3. The fourth-order valence-corrected chi connectivity index (χ4v) is 5.62. The summed E-state index contributed by atoms with van der Waals surface area (Å²) in [6.45, 7) is 8.29. The van der Waals surface area contributed by atoms with Crippen LogP contribution in [-0.4, -0.2) is 99.6 Å². The Morgan fingerprint density at radius 3 is 2.24 bits per heavy atom. The van der Waals surface area contributed by atoms with Crippen molar-refractivity contribution in [1.82, 2.24) is 29.6 Å². The quantitative estimate of drug-likeness (QED) is 0.424. The number of carbonyl (C=O) groups is 2. The molecule has 2 aromatic rings. The molecule has 3 heterocycles. The van der Waals surface area contributed by atoms with Gasteiger partial charge >= 0.3 is 11.7 Å². The number of anilines is 1. The Morgan fingerprint density at radius 1 is 0.929 bits per heavy atom. The molecule has 4 N–H and O–H groups in total. The van der Waals surface area contributed by atoms with E-state index in [9.17, 15) is 14.4 Å². The molecule has 2 aliphatic heterocycles. The molecular formula is C30H45ClN8O3. The fourth-order valence-electron chi connectivity index (χ4n) is 5.62. The summed E-state index contributed by atoms with van der Waals surface area (Å²) in [5.74, 6) is 0.0598. The van der Waals surface area contributed by atoms with Gasteiger partial charge in [0, 0.05) is 51.0 Å². The van der Waals surface area contributed by atoms with Crippen molar-refractivity contribution in [2.75, 3.05) is 51.1 Å². The van der Waals surface area contributed by atoms with Crippen LogP contribution in [0.25, 0.3) is 5.69 Å². The predicted octanol–water partition coefficient (Wildman–Crippen LogP) is 2.22. The average Bonchev–Trinajstić information content (AvgIpc) is 3.80. The van der Waals surface area contributed by atoms with E-state index >= 15 is 0 Å². The molecule has 1 aromatic heterocycles. The molecule has 11 nitrogen and oxygen atoms in total. The molecule has 0 radical (unpaired) electrons. The van der Waals surface area contributed by atoms with Gasteiger partial charge in [-0.3, -0.25) is 14.7 Å². The molecule has 0 spiro atoms. The molecule has 1 aliphatic carbocycles. The van der Waals surface area contributed by atoms with E-state index in [0.717, 1.165) is 37.8 Å². The van der Waals surface area contributed by atoms with Gasteiger partial charge in [-0.1, -0.05) is 12.1 Å². The molecule has 2 saturated heterocycles. The average molecular weight is 601 g/mol. The van der Waals surface area contributed by atoms with Crippen molar-refractivity contribution in [3.8, 4) is 5.69 Å². The maximum atomic E-state index is 12.8. The number of benzene rings is 1. The van der Waals surface area contributed by atoms with Gasteiger partial charge in [-0.25, -0.2) is 9.59 Å². The van der Waals surface area contributed by atoms with E-state index in [1.165, 1.54) is 42.2 Å². The summed E-state index contributed by atoms with van der Waals surface area (Å²) >= 11 is 0. The Balaban J connectivity index is 0.00000405. The maximum absolute atomic E-state index is 12.8. The van der Waals surface area contributed by atoms with Gasteiger partial charge in [0.05, 0.1) is 11.2 Å². The summed E-state index contributed by atoms with van der Waals surface area (Å²) in [6, 6.07) is 10.8. The summed E-state index contributed by atoms with van der Waals surface area (Å²) in [5, 5.41) is 6.50. The molecule has 1 saturated carbocycles. The monoisotopic (exact) mass is 600 g/mol. The summed E-state index contributed by atoms with van der Waals surface area (Å²) in [7, 11) is 0. The Labute approximate surface area is 254 Å². The number of nitrogens with one attached hydrogen (secondary N) is 2. The highest BCUT2D eigenvalue weighted by atomic mass is 35.5. The third-order valence-corrected chi connectivity index (χ3v) is 8.24. The Bertz CT molecular complexity index is 1270. The third kappa shape index (κ3) is 8.53. The highest BCUT2D eigenvalue weighted by molar-refractivity contribution is 5.89. The lowest BCUT2D eigenvalue weighted by Gasteiger charge is -2.37. The smallest absolute Gasteiger partial charge is 0.338 e. The van der Waals surface area contributed by atoms with Gasteiger partial charge in [0.25, 0.3) is 0 Å². The van der Waals surface area contributed by atoms with Crippen molar-refractivity contribution in [2.24, 2.45) is 5.73 Å². The van der Waals surface area contributed by atoms with Crippen molar-refractivity contribution < 1.29 is 9.59 Å². The van der Waals surface area contributed by atoms with Crippen LogP contribution in [0, 0.1) is 0 Å². The van der Waals surface area contributed by atoms with E-state index < -0.39 is 11.2 Å². The lowest BCUT2D eigenvalue weighted by Crippen LogP contribution is -2.58. The van der Waals surface area contributed by atoms with Crippen molar-refractivity contribution >= 4 is 30.2 Å². The zero-order valence-electron chi connectivity index (χ0n) is 24.8. The van der Waals surface area contributed by atoms with Gasteiger partial charge in [0.2, 0.25) is 5.91 Å². The van der Waals surface area contributed by atoms with Crippen LogP contribution in [0.1, 0.15) is 51.5 Å². The van der Waals surface area contributed by atoms with Crippen LogP contribution in [0.3, 0.4) is 0 Å². The molecule has 1 unspecified atom stereocenters. The van der Waals surface area contributed by atoms with Gasteiger partial charge in [0.15, 0.2) is 0 Å². The van der Waals surface area contributed by atoms with Crippen LogP contribution in [0.4, 0.5) is 10.6 Å². The lowest BCUT2D eigenvalue weighted by atomic mass is 10.1.